The third kappa shape index (κ3) is 4.48. The average Bonchev–Trinajstić information content (AvgIpc) is 3.39. The van der Waals surface area contributed by atoms with Crippen LogP contribution in [-0.4, -0.2) is 22.0 Å². The molecule has 2 aliphatic rings. The normalized spacial score (nSPS) is 20.6. The van der Waals surface area contributed by atoms with Gasteiger partial charge in [0.2, 0.25) is 11.8 Å². The zero-order chi connectivity index (χ0) is 25.7. The van der Waals surface area contributed by atoms with Crippen LogP contribution in [0.4, 0.5) is 5.69 Å². The number of anilines is 1. The number of hydrogen-bond donors (Lipinski definition) is 1. The van der Waals surface area contributed by atoms with Crippen molar-refractivity contribution in [2.75, 3.05) is 4.90 Å². The number of benzene rings is 3. The zero-order valence-electron chi connectivity index (χ0n) is 19.0. The number of hydrogen-bond acceptors (Lipinski definition) is 6. The molecular weight excluding hydrogens is 551 g/mol. The molecule has 6 nitrogen and oxygen atoms in total. The van der Waals surface area contributed by atoms with Gasteiger partial charge in [-0.15, -0.1) is 0 Å². The van der Waals surface area contributed by atoms with E-state index in [1.54, 1.807) is 24.3 Å². The second kappa shape index (κ2) is 9.68. The van der Waals surface area contributed by atoms with Crippen LogP contribution < -0.4 is 14.5 Å². The highest BCUT2D eigenvalue weighted by atomic mass is 35.5. The monoisotopic (exact) mass is 568 g/mol. The highest BCUT2D eigenvalue weighted by Crippen LogP contribution is 2.53. The number of fused-ring (bicyclic) bond motifs is 2. The topological polar surface area (TPSA) is 79.5 Å². The molecule has 2 amide bonds. The molecule has 0 spiro atoms. The van der Waals surface area contributed by atoms with Gasteiger partial charge in [-0.05, 0) is 59.7 Å². The van der Waals surface area contributed by atoms with Crippen molar-refractivity contribution in [3.8, 4) is 5.75 Å². The van der Waals surface area contributed by atoms with Crippen LogP contribution in [0.5, 0.6) is 5.75 Å². The molecule has 6 rings (SSSR count). The van der Waals surface area contributed by atoms with E-state index in [1.165, 1.54) is 16.7 Å². The number of rotatable bonds is 5. The molecule has 0 saturated carbocycles. The van der Waals surface area contributed by atoms with Gasteiger partial charge in [-0.1, -0.05) is 70.6 Å². The standard InChI is InChI=1S/C27H18Cl2N2O4S2/c28-16-5-1-14(2-6-16)13-35-19-11-3-15(4-12-19)20-21-23(36-24-22(20)37-27(34)30-24)26(33)31(25(21)32)18-9-7-17(29)8-10-18/h1-12,20-21,23H,13H2,(H,30,34)/t20-,21?,23?/m1/s1. The van der Waals surface area contributed by atoms with E-state index >= 15 is 0 Å². The summed E-state index contributed by atoms with van der Waals surface area (Å²) in [5.41, 5.74) is 2.31. The molecule has 1 saturated heterocycles. The second-order valence-corrected chi connectivity index (χ2v) is 11.8. The largest absolute Gasteiger partial charge is 0.489 e. The lowest BCUT2D eigenvalue weighted by molar-refractivity contribution is -0.122. The summed E-state index contributed by atoms with van der Waals surface area (Å²) in [5.74, 6) is -1.01. The Balaban J connectivity index is 1.32. The van der Waals surface area contributed by atoms with E-state index in [9.17, 15) is 14.4 Å². The Morgan fingerprint density at radius 1 is 0.838 bits per heavy atom. The van der Waals surface area contributed by atoms with Crippen molar-refractivity contribution >= 4 is 63.8 Å². The van der Waals surface area contributed by atoms with Crippen LogP contribution in [0.15, 0.2) is 82.6 Å². The van der Waals surface area contributed by atoms with E-state index in [-0.39, 0.29) is 16.7 Å². The van der Waals surface area contributed by atoms with Gasteiger partial charge in [-0.3, -0.25) is 14.4 Å². The molecule has 186 valence electrons. The molecule has 10 heteroatoms. The van der Waals surface area contributed by atoms with Gasteiger partial charge in [0.05, 0.1) is 16.6 Å². The first-order valence-corrected chi connectivity index (χ1v) is 13.8. The summed E-state index contributed by atoms with van der Waals surface area (Å²) in [5, 5.41) is 1.18. The maximum Gasteiger partial charge on any atom is 0.305 e. The highest BCUT2D eigenvalue weighted by molar-refractivity contribution is 8.00. The molecular formula is C27H18Cl2N2O4S2. The highest BCUT2D eigenvalue weighted by Gasteiger charge is 2.56. The number of thioether (sulfide) groups is 1. The third-order valence-electron chi connectivity index (χ3n) is 6.47. The Labute approximate surface area is 230 Å². The first-order valence-electron chi connectivity index (χ1n) is 11.4. The molecule has 2 aliphatic heterocycles. The van der Waals surface area contributed by atoms with Gasteiger partial charge < -0.3 is 9.72 Å². The molecule has 1 aromatic heterocycles. The number of halogens is 2. The number of imide groups is 1. The lowest BCUT2D eigenvalue weighted by Gasteiger charge is -2.29. The van der Waals surface area contributed by atoms with Crippen LogP contribution in [0.3, 0.4) is 0 Å². The Bertz CT molecular complexity index is 1550. The van der Waals surface area contributed by atoms with Crippen molar-refractivity contribution in [3.05, 3.63) is 109 Å². The minimum atomic E-state index is -0.647. The summed E-state index contributed by atoms with van der Waals surface area (Å²) >= 11 is 14.3. The summed E-state index contributed by atoms with van der Waals surface area (Å²) in [4.78, 5) is 44.1. The Morgan fingerprint density at radius 2 is 1.49 bits per heavy atom. The Hall–Kier alpha value is -3.04. The average molecular weight is 569 g/mol. The summed E-state index contributed by atoms with van der Waals surface area (Å²) in [6, 6.07) is 21.5. The molecule has 3 heterocycles. The fourth-order valence-electron chi connectivity index (χ4n) is 4.74. The molecule has 37 heavy (non-hydrogen) atoms. The van der Waals surface area contributed by atoms with Crippen molar-refractivity contribution in [3.63, 3.8) is 0 Å². The fourth-order valence-corrected chi connectivity index (χ4v) is 7.51. The number of carbonyl (C=O) groups is 2. The number of thiazole rings is 1. The predicted molar refractivity (Wildman–Crippen MR) is 146 cm³/mol. The number of H-pyrrole nitrogens is 1. The number of aromatic nitrogens is 1. The molecule has 3 aromatic carbocycles. The molecule has 0 radical (unpaired) electrons. The van der Waals surface area contributed by atoms with Crippen molar-refractivity contribution in [1.29, 1.82) is 0 Å². The number of amides is 2. The van der Waals surface area contributed by atoms with Gasteiger partial charge in [0.1, 0.15) is 17.6 Å². The van der Waals surface area contributed by atoms with Crippen LogP contribution in [0, 0.1) is 5.92 Å². The molecule has 2 unspecified atom stereocenters. The van der Waals surface area contributed by atoms with E-state index < -0.39 is 17.1 Å². The van der Waals surface area contributed by atoms with E-state index in [4.69, 9.17) is 27.9 Å². The van der Waals surface area contributed by atoms with E-state index in [2.05, 4.69) is 4.98 Å². The van der Waals surface area contributed by atoms with Gasteiger partial charge in [-0.2, -0.15) is 0 Å². The van der Waals surface area contributed by atoms with Crippen molar-refractivity contribution in [1.82, 2.24) is 4.98 Å². The maximum atomic E-state index is 13.7. The number of nitrogens with zero attached hydrogens (tertiary/aromatic N) is 1. The molecule has 3 atom stereocenters. The minimum Gasteiger partial charge on any atom is -0.489 e. The minimum absolute atomic E-state index is 0.208. The number of carbonyl (C=O) groups excluding carboxylic acids is 2. The van der Waals surface area contributed by atoms with Gasteiger partial charge in [0, 0.05) is 20.8 Å². The van der Waals surface area contributed by atoms with Gasteiger partial charge in [-0.25, -0.2) is 4.90 Å². The summed E-state index contributed by atoms with van der Waals surface area (Å²) in [7, 11) is 0. The molecule has 1 fully saturated rings. The van der Waals surface area contributed by atoms with Crippen LogP contribution in [0.2, 0.25) is 10.0 Å². The molecule has 0 bridgehead atoms. The second-order valence-electron chi connectivity index (χ2n) is 8.72. The predicted octanol–water partition coefficient (Wildman–Crippen LogP) is 6.12. The van der Waals surface area contributed by atoms with Crippen LogP contribution in [0.25, 0.3) is 0 Å². The van der Waals surface area contributed by atoms with Crippen LogP contribution in [0.1, 0.15) is 21.9 Å². The summed E-state index contributed by atoms with van der Waals surface area (Å²) < 4.78 is 5.92. The maximum absolute atomic E-state index is 13.7. The van der Waals surface area contributed by atoms with Gasteiger partial charge in [0.25, 0.3) is 0 Å². The quantitative estimate of drug-likeness (QED) is 0.293. The van der Waals surface area contributed by atoms with Gasteiger partial charge >= 0.3 is 4.87 Å². The van der Waals surface area contributed by atoms with Gasteiger partial charge in [0.15, 0.2) is 0 Å². The summed E-state index contributed by atoms with van der Waals surface area (Å²) in [6.07, 6.45) is 0. The third-order valence-corrected chi connectivity index (χ3v) is 9.37. The number of aromatic amines is 1. The molecule has 4 aromatic rings. The molecule has 0 aliphatic carbocycles. The first kappa shape index (κ1) is 24.3. The Kier molecular flexibility index (Phi) is 6.36. The lowest BCUT2D eigenvalue weighted by atomic mass is 9.83. The number of nitrogens with one attached hydrogen (secondary N) is 1. The fraction of sp³-hybridized carbons (Fsp3) is 0.148. The van der Waals surface area contributed by atoms with E-state index in [0.29, 0.717) is 33.1 Å². The first-order chi connectivity index (χ1) is 17.9. The molecule has 1 N–H and O–H groups in total. The summed E-state index contributed by atoms with van der Waals surface area (Å²) in [6.45, 7) is 0.383. The number of ether oxygens (including phenoxy) is 1. The smallest absolute Gasteiger partial charge is 0.305 e. The SMILES string of the molecule is O=C1C2Sc3[nH]c(=O)sc3[C@H](c3ccc(OCc4ccc(Cl)cc4)cc3)C2C(=O)N1c1ccc(Cl)cc1. The van der Waals surface area contributed by atoms with Crippen molar-refractivity contribution in [2.24, 2.45) is 5.92 Å². The zero-order valence-corrected chi connectivity index (χ0v) is 22.2. The van der Waals surface area contributed by atoms with Crippen LogP contribution >= 0.6 is 46.3 Å². The van der Waals surface area contributed by atoms with Crippen molar-refractivity contribution < 1.29 is 14.3 Å². The van der Waals surface area contributed by atoms with E-state index in [1.807, 2.05) is 48.5 Å². The van der Waals surface area contributed by atoms with Crippen molar-refractivity contribution in [2.45, 2.75) is 22.8 Å². The lowest BCUT2D eigenvalue weighted by Crippen LogP contribution is -2.32. The van der Waals surface area contributed by atoms with E-state index in [0.717, 1.165) is 27.3 Å². The van der Waals surface area contributed by atoms with Crippen LogP contribution in [-0.2, 0) is 16.2 Å². The Morgan fingerprint density at radius 3 is 2.16 bits per heavy atom.